The van der Waals surface area contributed by atoms with Gasteiger partial charge in [-0.1, -0.05) is 48.5 Å². The number of amides is 2. The lowest BCUT2D eigenvalue weighted by Crippen LogP contribution is -2.54. The smallest absolute Gasteiger partial charge is 0.407 e. The molecule has 1 unspecified atom stereocenters. The topological polar surface area (TPSA) is 114 Å². The third-order valence-electron chi connectivity index (χ3n) is 6.56. The maximum absolute atomic E-state index is 12.9. The van der Waals surface area contributed by atoms with Crippen molar-refractivity contribution < 1.29 is 29.0 Å². The maximum Gasteiger partial charge on any atom is 0.407 e. The molecule has 2 aromatic rings. The molecule has 0 saturated carbocycles. The first kappa shape index (κ1) is 22.8. The van der Waals surface area contributed by atoms with Crippen LogP contribution in [0.15, 0.2) is 48.5 Å². The van der Waals surface area contributed by atoms with Gasteiger partial charge in [-0.25, -0.2) is 4.79 Å². The molecule has 2 aliphatic rings. The molecule has 0 bridgehead atoms. The van der Waals surface area contributed by atoms with Gasteiger partial charge in [0.15, 0.2) is 0 Å². The number of carboxylic acid groups (broad SMARTS) is 1. The largest absolute Gasteiger partial charge is 0.480 e. The second-order valence-corrected chi connectivity index (χ2v) is 8.61. The summed E-state index contributed by atoms with van der Waals surface area (Å²) in [6.07, 6.45) is 0.158. The highest BCUT2D eigenvalue weighted by Gasteiger charge is 2.41. The molecule has 8 heteroatoms. The first-order chi connectivity index (χ1) is 15.9. The van der Waals surface area contributed by atoms with Crippen molar-refractivity contribution in [2.24, 2.45) is 5.41 Å². The Morgan fingerprint density at radius 2 is 1.64 bits per heavy atom. The molecule has 1 aliphatic heterocycles. The van der Waals surface area contributed by atoms with Crippen molar-refractivity contribution in [2.75, 3.05) is 26.4 Å². The van der Waals surface area contributed by atoms with Gasteiger partial charge in [-0.15, -0.1) is 0 Å². The Labute approximate surface area is 192 Å². The van der Waals surface area contributed by atoms with Crippen molar-refractivity contribution in [3.63, 3.8) is 0 Å². The fourth-order valence-corrected chi connectivity index (χ4v) is 4.55. The number of aliphatic carboxylic acids is 1. The Balaban J connectivity index is 1.39. The van der Waals surface area contributed by atoms with Crippen LogP contribution in [0, 0.1) is 5.41 Å². The van der Waals surface area contributed by atoms with Crippen molar-refractivity contribution >= 4 is 18.0 Å². The van der Waals surface area contributed by atoms with Crippen LogP contribution in [0.2, 0.25) is 0 Å². The molecular weight excluding hydrogens is 424 g/mol. The van der Waals surface area contributed by atoms with Crippen LogP contribution in [0.25, 0.3) is 11.1 Å². The highest BCUT2D eigenvalue weighted by molar-refractivity contribution is 5.88. The quantitative estimate of drug-likeness (QED) is 0.595. The van der Waals surface area contributed by atoms with Crippen LogP contribution in [0.4, 0.5) is 4.79 Å². The van der Waals surface area contributed by atoms with E-state index in [4.69, 9.17) is 14.6 Å². The predicted molar refractivity (Wildman–Crippen MR) is 121 cm³/mol. The minimum absolute atomic E-state index is 0.0468. The van der Waals surface area contributed by atoms with Gasteiger partial charge < -0.3 is 25.2 Å². The van der Waals surface area contributed by atoms with Crippen LogP contribution in [0.3, 0.4) is 0 Å². The van der Waals surface area contributed by atoms with E-state index < -0.39 is 29.4 Å². The molecular formula is C25H28N2O6. The molecule has 3 N–H and O–H groups in total. The lowest BCUT2D eigenvalue weighted by Gasteiger charge is -2.36. The fraction of sp³-hybridized carbons (Fsp3) is 0.400. The van der Waals surface area contributed by atoms with E-state index in [-0.39, 0.29) is 19.1 Å². The SMILES string of the molecule is CC(NC(=O)C1(CNC(=O)OCC2c3ccccc3-c3ccccc32)CCOCC1)C(=O)O. The molecule has 33 heavy (non-hydrogen) atoms. The number of carboxylic acids is 1. The van der Waals surface area contributed by atoms with E-state index in [1.165, 1.54) is 6.92 Å². The minimum atomic E-state index is -1.12. The van der Waals surface area contributed by atoms with Gasteiger partial charge in [0.25, 0.3) is 0 Å². The summed E-state index contributed by atoms with van der Waals surface area (Å²) in [5.74, 6) is -1.57. The maximum atomic E-state index is 12.9. The van der Waals surface area contributed by atoms with Crippen molar-refractivity contribution in [3.05, 3.63) is 59.7 Å². The molecule has 2 amide bonds. The summed E-state index contributed by atoms with van der Waals surface area (Å²) in [6, 6.07) is 15.2. The number of nitrogens with one attached hydrogen (secondary N) is 2. The molecule has 0 aromatic heterocycles. The molecule has 1 saturated heterocycles. The standard InChI is InChI=1S/C25H28N2O6/c1-16(22(28)29)27-23(30)25(10-12-32-13-11-25)15-26-24(31)33-14-21-19-8-4-2-6-17(19)18-7-3-5-9-20(18)21/h2-9,16,21H,10-15H2,1H3,(H,26,31)(H,27,30)(H,28,29). The Kier molecular flexibility index (Phi) is 6.65. The summed E-state index contributed by atoms with van der Waals surface area (Å²) in [5, 5.41) is 14.4. The monoisotopic (exact) mass is 452 g/mol. The summed E-state index contributed by atoms with van der Waals surface area (Å²) in [4.78, 5) is 36.6. The molecule has 8 nitrogen and oxygen atoms in total. The number of benzene rings is 2. The van der Waals surface area contributed by atoms with E-state index in [0.717, 1.165) is 22.3 Å². The Morgan fingerprint density at radius 3 is 2.21 bits per heavy atom. The summed E-state index contributed by atoms with van der Waals surface area (Å²) in [5.41, 5.74) is 3.59. The molecule has 1 heterocycles. The van der Waals surface area contributed by atoms with Gasteiger partial charge in [0.05, 0.1) is 5.41 Å². The van der Waals surface area contributed by atoms with E-state index in [9.17, 15) is 14.4 Å². The van der Waals surface area contributed by atoms with Crippen molar-refractivity contribution in [3.8, 4) is 11.1 Å². The third-order valence-corrected chi connectivity index (χ3v) is 6.56. The van der Waals surface area contributed by atoms with E-state index in [1.54, 1.807) is 0 Å². The lowest BCUT2D eigenvalue weighted by atomic mass is 9.79. The fourth-order valence-electron chi connectivity index (χ4n) is 4.55. The Morgan fingerprint density at radius 1 is 1.06 bits per heavy atom. The van der Waals surface area contributed by atoms with Crippen LogP contribution >= 0.6 is 0 Å². The molecule has 2 aromatic carbocycles. The van der Waals surface area contributed by atoms with Crippen molar-refractivity contribution in [2.45, 2.75) is 31.7 Å². The van der Waals surface area contributed by atoms with Crippen molar-refractivity contribution in [1.29, 1.82) is 0 Å². The molecule has 1 fully saturated rings. The number of rotatable bonds is 7. The zero-order chi connectivity index (χ0) is 23.4. The highest BCUT2D eigenvalue weighted by atomic mass is 16.5. The highest BCUT2D eigenvalue weighted by Crippen LogP contribution is 2.44. The normalized spacial score (nSPS) is 17.4. The summed E-state index contributed by atoms with van der Waals surface area (Å²) >= 11 is 0. The first-order valence-electron chi connectivity index (χ1n) is 11.1. The molecule has 0 spiro atoms. The third kappa shape index (κ3) is 4.71. The van der Waals surface area contributed by atoms with E-state index in [1.807, 2.05) is 36.4 Å². The van der Waals surface area contributed by atoms with E-state index in [0.29, 0.717) is 26.1 Å². The molecule has 174 valence electrons. The van der Waals surface area contributed by atoms with Crippen molar-refractivity contribution in [1.82, 2.24) is 10.6 Å². The lowest BCUT2D eigenvalue weighted by molar-refractivity contribution is -0.145. The van der Waals surface area contributed by atoms with Gasteiger partial charge in [-0.2, -0.15) is 0 Å². The zero-order valence-electron chi connectivity index (χ0n) is 18.5. The van der Waals surface area contributed by atoms with E-state index >= 15 is 0 Å². The van der Waals surface area contributed by atoms with Gasteiger partial charge >= 0.3 is 12.1 Å². The number of hydrogen-bond acceptors (Lipinski definition) is 5. The number of carbonyl (C=O) groups excluding carboxylic acids is 2. The van der Waals surface area contributed by atoms with Crippen LogP contribution in [0.1, 0.15) is 36.8 Å². The van der Waals surface area contributed by atoms with E-state index in [2.05, 4.69) is 22.8 Å². The van der Waals surface area contributed by atoms with Crippen LogP contribution in [-0.4, -0.2) is 55.5 Å². The first-order valence-corrected chi connectivity index (χ1v) is 11.1. The predicted octanol–water partition coefficient (Wildman–Crippen LogP) is 2.91. The molecule has 4 rings (SSSR count). The second-order valence-electron chi connectivity index (χ2n) is 8.61. The number of ether oxygens (including phenoxy) is 2. The Hall–Kier alpha value is -3.39. The zero-order valence-corrected chi connectivity index (χ0v) is 18.5. The average Bonchev–Trinajstić information content (AvgIpc) is 3.15. The van der Waals surface area contributed by atoms with Crippen LogP contribution in [0.5, 0.6) is 0 Å². The summed E-state index contributed by atoms with van der Waals surface area (Å²) in [6.45, 7) is 2.36. The van der Waals surface area contributed by atoms with Gasteiger partial charge in [-0.05, 0) is 42.0 Å². The number of fused-ring (bicyclic) bond motifs is 3. The summed E-state index contributed by atoms with van der Waals surface area (Å²) in [7, 11) is 0. The molecule has 0 radical (unpaired) electrons. The van der Waals surface area contributed by atoms with Gasteiger partial charge in [0.2, 0.25) is 5.91 Å². The summed E-state index contributed by atoms with van der Waals surface area (Å²) < 4.78 is 10.9. The number of alkyl carbamates (subject to hydrolysis) is 1. The van der Waals surface area contributed by atoms with Gasteiger partial charge in [0.1, 0.15) is 12.6 Å². The number of carbonyl (C=O) groups is 3. The average molecular weight is 453 g/mol. The minimum Gasteiger partial charge on any atom is -0.480 e. The number of hydrogen-bond donors (Lipinski definition) is 3. The van der Waals surface area contributed by atoms with Gasteiger partial charge in [-0.3, -0.25) is 9.59 Å². The molecule has 1 aliphatic carbocycles. The van der Waals surface area contributed by atoms with Crippen LogP contribution < -0.4 is 10.6 Å². The van der Waals surface area contributed by atoms with Crippen LogP contribution in [-0.2, 0) is 19.1 Å². The van der Waals surface area contributed by atoms with Gasteiger partial charge in [0, 0.05) is 25.7 Å². The molecule has 1 atom stereocenters. The Bertz CT molecular complexity index is 1000. The second kappa shape index (κ2) is 9.62.